The number of hydrogen-bond acceptors (Lipinski definition) is 7. The molecule has 1 aromatic heterocycles. The molecule has 10 heteroatoms. The number of thioether (sulfide) groups is 1. The smallest absolute Gasteiger partial charge is 0.339 e. The van der Waals surface area contributed by atoms with Crippen LogP contribution in [-0.4, -0.2) is 46.2 Å². The van der Waals surface area contributed by atoms with Gasteiger partial charge < -0.3 is 15.0 Å². The fourth-order valence-electron chi connectivity index (χ4n) is 3.71. The van der Waals surface area contributed by atoms with Crippen LogP contribution in [0.5, 0.6) is 0 Å². The molecule has 0 aliphatic carbocycles. The van der Waals surface area contributed by atoms with Crippen LogP contribution in [0.1, 0.15) is 27.2 Å². The van der Waals surface area contributed by atoms with E-state index in [-0.39, 0.29) is 28.6 Å². The maximum atomic E-state index is 13.1. The number of ether oxygens (including phenoxy) is 1. The van der Waals surface area contributed by atoms with Crippen LogP contribution in [0.15, 0.2) is 58.5 Å². The van der Waals surface area contributed by atoms with E-state index in [1.165, 1.54) is 19.2 Å². The van der Waals surface area contributed by atoms with Crippen molar-refractivity contribution in [1.29, 1.82) is 0 Å². The topological polar surface area (TPSA) is 104 Å². The number of H-pyrrole nitrogens is 1. The van der Waals surface area contributed by atoms with Gasteiger partial charge in [-0.3, -0.25) is 14.5 Å². The highest BCUT2D eigenvalue weighted by Gasteiger charge is 2.22. The number of nitrogens with one attached hydrogen (secondary N) is 2. The highest BCUT2D eigenvalue weighted by molar-refractivity contribution is 7.99. The molecule has 0 fully saturated rings. The molecule has 0 atom stereocenters. The number of fused-ring (bicyclic) bond motifs is 1. The lowest BCUT2D eigenvalue weighted by Gasteiger charge is -2.27. The summed E-state index contributed by atoms with van der Waals surface area (Å²) in [5.41, 5.74) is 2.68. The number of carbonyl (C=O) groups is 2. The number of nitrogens with zero attached hydrogens (tertiary/aromatic N) is 2. The van der Waals surface area contributed by atoms with Gasteiger partial charge in [-0.05, 0) is 29.8 Å². The van der Waals surface area contributed by atoms with Crippen LogP contribution in [0.3, 0.4) is 0 Å². The fourth-order valence-corrected chi connectivity index (χ4v) is 4.39. The molecule has 176 valence electrons. The first-order chi connectivity index (χ1) is 16.4. The first kappa shape index (κ1) is 23.7. The molecule has 1 amide bonds. The van der Waals surface area contributed by atoms with E-state index >= 15 is 0 Å². The Bertz CT molecular complexity index is 1260. The summed E-state index contributed by atoms with van der Waals surface area (Å²) in [6, 6.07) is 12.9. The Hall–Kier alpha value is -3.50. The fraction of sp³-hybridized carbons (Fsp3) is 0.250. The van der Waals surface area contributed by atoms with Gasteiger partial charge in [0, 0.05) is 26.1 Å². The third-order valence-electron chi connectivity index (χ3n) is 5.39. The number of anilines is 1. The van der Waals surface area contributed by atoms with Gasteiger partial charge in [-0.1, -0.05) is 36.0 Å². The highest BCUT2D eigenvalue weighted by Crippen LogP contribution is 2.21. The number of hydrogen-bond donors (Lipinski definition) is 2. The van der Waals surface area contributed by atoms with Crippen molar-refractivity contribution in [3.05, 3.63) is 87.1 Å². The maximum absolute atomic E-state index is 13.1. The second-order valence-corrected chi connectivity index (χ2v) is 8.72. The Kier molecular flexibility index (Phi) is 7.39. The van der Waals surface area contributed by atoms with Crippen molar-refractivity contribution in [2.75, 3.05) is 24.7 Å². The van der Waals surface area contributed by atoms with Crippen LogP contribution < -0.4 is 10.9 Å². The van der Waals surface area contributed by atoms with Crippen LogP contribution in [0.4, 0.5) is 10.1 Å². The van der Waals surface area contributed by atoms with Crippen LogP contribution in [0.25, 0.3) is 0 Å². The van der Waals surface area contributed by atoms with E-state index in [0.29, 0.717) is 35.9 Å². The third kappa shape index (κ3) is 5.70. The van der Waals surface area contributed by atoms with Crippen LogP contribution in [0, 0.1) is 5.82 Å². The Morgan fingerprint density at radius 2 is 1.97 bits per heavy atom. The quantitative estimate of drug-likeness (QED) is 0.303. The van der Waals surface area contributed by atoms with Gasteiger partial charge in [0.2, 0.25) is 5.91 Å². The van der Waals surface area contributed by atoms with Gasteiger partial charge in [0.15, 0.2) is 5.16 Å². The summed E-state index contributed by atoms with van der Waals surface area (Å²) in [7, 11) is 1.27. The average Bonchev–Trinajstić information content (AvgIpc) is 2.84. The molecule has 1 aliphatic heterocycles. The number of aromatic amines is 1. The summed E-state index contributed by atoms with van der Waals surface area (Å²) in [5.74, 6) is -1.15. The molecule has 4 rings (SSSR count). The number of esters is 1. The first-order valence-corrected chi connectivity index (χ1v) is 11.6. The molecule has 34 heavy (non-hydrogen) atoms. The number of aromatic nitrogens is 2. The predicted octanol–water partition coefficient (Wildman–Crippen LogP) is 2.98. The number of methoxy groups -OCH3 is 1. The van der Waals surface area contributed by atoms with E-state index in [1.807, 2.05) is 0 Å². The predicted molar refractivity (Wildman–Crippen MR) is 126 cm³/mol. The Morgan fingerprint density at radius 1 is 1.21 bits per heavy atom. The number of rotatable bonds is 7. The molecule has 0 unspecified atom stereocenters. The summed E-state index contributed by atoms with van der Waals surface area (Å²) in [6.45, 7) is 1.78. The van der Waals surface area contributed by atoms with E-state index in [9.17, 15) is 18.8 Å². The SMILES string of the molecule is COC(=O)c1ccccc1NC(=O)CSc1nc2c(c(=O)[nH]1)CN(Cc1ccc(F)cc1)CC2. The van der Waals surface area contributed by atoms with Gasteiger partial charge in [-0.25, -0.2) is 14.2 Å². The first-order valence-electron chi connectivity index (χ1n) is 10.6. The van der Waals surface area contributed by atoms with Crippen LogP contribution >= 0.6 is 11.8 Å². The summed E-state index contributed by atoms with van der Waals surface area (Å²) in [5, 5.41) is 3.06. The minimum absolute atomic E-state index is 0.00786. The molecule has 8 nitrogen and oxygen atoms in total. The molecule has 0 bridgehead atoms. The molecule has 2 aromatic carbocycles. The number of benzene rings is 2. The van der Waals surface area contributed by atoms with Crippen LogP contribution in [-0.2, 0) is 29.0 Å². The van der Waals surface area contributed by atoms with Gasteiger partial charge in [-0.2, -0.15) is 0 Å². The largest absolute Gasteiger partial charge is 0.465 e. The average molecular weight is 483 g/mol. The molecular formula is C24H23FN4O4S. The summed E-state index contributed by atoms with van der Waals surface area (Å²) < 4.78 is 17.9. The summed E-state index contributed by atoms with van der Waals surface area (Å²) >= 11 is 1.12. The van der Waals surface area contributed by atoms with Crippen molar-refractivity contribution in [3.8, 4) is 0 Å². The Balaban J connectivity index is 1.37. The minimum atomic E-state index is -0.544. The van der Waals surface area contributed by atoms with Crippen molar-refractivity contribution in [1.82, 2.24) is 14.9 Å². The lowest BCUT2D eigenvalue weighted by atomic mass is 10.1. The van der Waals surface area contributed by atoms with E-state index < -0.39 is 5.97 Å². The summed E-state index contributed by atoms with van der Waals surface area (Å²) in [6.07, 6.45) is 0.604. The molecule has 2 N–H and O–H groups in total. The lowest BCUT2D eigenvalue weighted by molar-refractivity contribution is -0.113. The Labute approximate surface area is 199 Å². The van der Waals surface area contributed by atoms with E-state index in [4.69, 9.17) is 4.74 Å². The van der Waals surface area contributed by atoms with Crippen molar-refractivity contribution in [2.24, 2.45) is 0 Å². The van der Waals surface area contributed by atoms with Crippen molar-refractivity contribution < 1.29 is 18.7 Å². The molecule has 0 spiro atoms. The molecule has 2 heterocycles. The second kappa shape index (κ2) is 10.6. The van der Waals surface area contributed by atoms with Gasteiger partial charge in [0.25, 0.3) is 5.56 Å². The third-order valence-corrected chi connectivity index (χ3v) is 6.27. The van der Waals surface area contributed by atoms with E-state index in [1.54, 1.807) is 36.4 Å². The minimum Gasteiger partial charge on any atom is -0.465 e. The van der Waals surface area contributed by atoms with Gasteiger partial charge in [-0.15, -0.1) is 0 Å². The van der Waals surface area contributed by atoms with Crippen molar-refractivity contribution in [2.45, 2.75) is 24.7 Å². The van der Waals surface area contributed by atoms with E-state index in [0.717, 1.165) is 29.6 Å². The molecule has 0 saturated heterocycles. The zero-order valence-corrected chi connectivity index (χ0v) is 19.3. The number of halogens is 1. The number of amides is 1. The molecule has 3 aromatic rings. The van der Waals surface area contributed by atoms with E-state index in [2.05, 4.69) is 20.2 Å². The molecule has 1 aliphatic rings. The van der Waals surface area contributed by atoms with Crippen molar-refractivity contribution >= 4 is 29.3 Å². The molecule has 0 radical (unpaired) electrons. The second-order valence-electron chi connectivity index (χ2n) is 7.76. The van der Waals surface area contributed by atoms with Gasteiger partial charge in [0.05, 0.1) is 35.4 Å². The monoisotopic (exact) mass is 482 g/mol. The molecular weight excluding hydrogens is 459 g/mol. The zero-order chi connectivity index (χ0) is 24.1. The van der Waals surface area contributed by atoms with Gasteiger partial charge >= 0.3 is 5.97 Å². The Morgan fingerprint density at radius 3 is 2.74 bits per heavy atom. The normalized spacial score (nSPS) is 13.2. The van der Waals surface area contributed by atoms with Crippen molar-refractivity contribution in [3.63, 3.8) is 0 Å². The standard InChI is InChI=1S/C24H23FN4O4S/c1-33-23(32)17-4-2-3-5-19(17)26-21(30)14-34-24-27-20-10-11-29(13-18(20)22(31)28-24)12-15-6-8-16(25)9-7-15/h2-9H,10-14H2,1H3,(H,26,30)(H,27,28,31). The van der Waals surface area contributed by atoms with Crippen LogP contribution in [0.2, 0.25) is 0 Å². The zero-order valence-electron chi connectivity index (χ0n) is 18.5. The summed E-state index contributed by atoms with van der Waals surface area (Å²) in [4.78, 5) is 46.4. The highest BCUT2D eigenvalue weighted by atomic mass is 32.2. The van der Waals surface area contributed by atoms with Gasteiger partial charge in [0.1, 0.15) is 5.82 Å². The lowest BCUT2D eigenvalue weighted by Crippen LogP contribution is -2.35. The number of para-hydroxylation sites is 1. The number of carbonyl (C=O) groups excluding carboxylic acids is 2. The maximum Gasteiger partial charge on any atom is 0.339 e. The molecule has 0 saturated carbocycles.